The lowest BCUT2D eigenvalue weighted by atomic mass is 9.98. The van der Waals surface area contributed by atoms with Gasteiger partial charge in [0.15, 0.2) is 0 Å². The summed E-state index contributed by atoms with van der Waals surface area (Å²) in [7, 11) is 0. The average Bonchev–Trinajstić information content (AvgIpc) is 1.88. The topological polar surface area (TPSA) is 29.3 Å². The molecule has 0 unspecified atom stereocenters. The Kier molecular flexibility index (Phi) is 2.69. The van der Waals surface area contributed by atoms with Gasteiger partial charge in [-0.1, -0.05) is 6.42 Å². The van der Waals surface area contributed by atoms with E-state index in [0.717, 1.165) is 6.67 Å². The molecule has 0 aliphatic carbocycles. The monoisotopic (exact) mass is 142 g/mol. The highest BCUT2D eigenvalue weighted by atomic mass is 15.2. The Morgan fingerprint density at radius 3 is 2.10 bits per heavy atom. The smallest absolute Gasteiger partial charge is 0.0460 e. The zero-order valence-corrected chi connectivity index (χ0v) is 7.01. The maximum atomic E-state index is 5.61. The third-order valence-electron chi connectivity index (χ3n) is 2.59. The minimum atomic E-state index is 0.703. The van der Waals surface area contributed by atoms with Crippen molar-refractivity contribution in [2.75, 3.05) is 6.67 Å². The van der Waals surface area contributed by atoms with Gasteiger partial charge in [-0.05, 0) is 26.7 Å². The van der Waals surface area contributed by atoms with Gasteiger partial charge in [-0.2, -0.15) is 0 Å². The van der Waals surface area contributed by atoms with Crippen molar-refractivity contribution < 1.29 is 0 Å². The molecule has 0 saturated carbocycles. The highest BCUT2D eigenvalue weighted by Gasteiger charge is 2.22. The molecule has 0 aromatic rings. The Morgan fingerprint density at radius 2 is 1.80 bits per heavy atom. The van der Waals surface area contributed by atoms with E-state index in [1.165, 1.54) is 19.3 Å². The Morgan fingerprint density at radius 1 is 1.30 bits per heavy atom. The van der Waals surface area contributed by atoms with Crippen LogP contribution in [0.5, 0.6) is 0 Å². The fourth-order valence-corrected chi connectivity index (χ4v) is 1.83. The SMILES string of the molecule is C[C@@H]1CCC[C@H](C)N1CN. The van der Waals surface area contributed by atoms with Gasteiger partial charge in [-0.15, -0.1) is 0 Å². The molecule has 2 heteroatoms. The van der Waals surface area contributed by atoms with E-state index >= 15 is 0 Å². The summed E-state index contributed by atoms with van der Waals surface area (Å²) in [6.45, 7) is 5.26. The molecule has 1 fully saturated rings. The molecule has 0 radical (unpaired) electrons. The molecule has 0 bridgehead atoms. The van der Waals surface area contributed by atoms with Crippen LogP contribution in [0.4, 0.5) is 0 Å². The highest BCUT2D eigenvalue weighted by molar-refractivity contribution is 4.77. The summed E-state index contributed by atoms with van der Waals surface area (Å²) >= 11 is 0. The van der Waals surface area contributed by atoms with Crippen LogP contribution in [0.3, 0.4) is 0 Å². The lowest BCUT2D eigenvalue weighted by Gasteiger charge is -2.37. The van der Waals surface area contributed by atoms with E-state index in [1.54, 1.807) is 0 Å². The number of piperidine rings is 1. The van der Waals surface area contributed by atoms with Crippen LogP contribution in [-0.2, 0) is 0 Å². The van der Waals surface area contributed by atoms with Crippen molar-refractivity contribution in [3.05, 3.63) is 0 Å². The molecule has 1 aliphatic rings. The molecule has 0 spiro atoms. The quantitative estimate of drug-likeness (QED) is 0.595. The number of rotatable bonds is 1. The molecular formula is C8H18N2. The maximum absolute atomic E-state index is 5.61. The first-order valence-corrected chi connectivity index (χ1v) is 4.21. The second kappa shape index (κ2) is 3.35. The summed E-state index contributed by atoms with van der Waals surface area (Å²) in [5, 5.41) is 0. The molecule has 10 heavy (non-hydrogen) atoms. The first-order valence-electron chi connectivity index (χ1n) is 4.21. The molecular weight excluding hydrogens is 124 g/mol. The van der Waals surface area contributed by atoms with E-state index in [0.29, 0.717) is 12.1 Å². The Labute approximate surface area is 63.4 Å². The number of nitrogens with two attached hydrogens (primary N) is 1. The molecule has 0 aromatic carbocycles. The van der Waals surface area contributed by atoms with Crippen molar-refractivity contribution in [1.29, 1.82) is 0 Å². The molecule has 1 heterocycles. The maximum Gasteiger partial charge on any atom is 0.0460 e. The van der Waals surface area contributed by atoms with Crippen molar-refractivity contribution in [3.8, 4) is 0 Å². The van der Waals surface area contributed by atoms with Crippen molar-refractivity contribution in [2.45, 2.75) is 45.2 Å². The van der Waals surface area contributed by atoms with Gasteiger partial charge in [0.25, 0.3) is 0 Å². The summed E-state index contributed by atoms with van der Waals surface area (Å²) in [6.07, 6.45) is 4.02. The normalized spacial score (nSPS) is 36.3. The molecule has 2 atom stereocenters. The van der Waals surface area contributed by atoms with E-state index in [2.05, 4.69) is 18.7 Å². The molecule has 1 aliphatic heterocycles. The van der Waals surface area contributed by atoms with Gasteiger partial charge >= 0.3 is 0 Å². The fraction of sp³-hybridized carbons (Fsp3) is 1.00. The molecule has 2 nitrogen and oxygen atoms in total. The lowest BCUT2D eigenvalue weighted by Crippen LogP contribution is -2.46. The predicted octanol–water partition coefficient (Wildman–Crippen LogP) is 1.17. The second-order valence-corrected chi connectivity index (χ2v) is 3.33. The fourth-order valence-electron chi connectivity index (χ4n) is 1.83. The van der Waals surface area contributed by atoms with Crippen LogP contribution >= 0.6 is 0 Å². The van der Waals surface area contributed by atoms with Crippen molar-refractivity contribution >= 4 is 0 Å². The Hall–Kier alpha value is -0.0800. The predicted molar refractivity (Wildman–Crippen MR) is 43.7 cm³/mol. The molecule has 1 saturated heterocycles. The summed E-state index contributed by atoms with van der Waals surface area (Å²) < 4.78 is 0. The molecule has 1 rings (SSSR count). The second-order valence-electron chi connectivity index (χ2n) is 3.33. The van der Waals surface area contributed by atoms with Crippen LogP contribution in [0.15, 0.2) is 0 Å². The van der Waals surface area contributed by atoms with Crippen LogP contribution < -0.4 is 5.73 Å². The zero-order chi connectivity index (χ0) is 7.56. The summed E-state index contributed by atoms with van der Waals surface area (Å²) in [6, 6.07) is 1.41. The standard InChI is InChI=1S/C8H18N2/c1-7-4-3-5-8(2)10(7)6-9/h7-8H,3-6,9H2,1-2H3/t7-,8+. The van der Waals surface area contributed by atoms with Crippen LogP contribution in [0, 0.1) is 0 Å². The molecule has 0 aromatic heterocycles. The van der Waals surface area contributed by atoms with E-state index in [9.17, 15) is 0 Å². The summed E-state index contributed by atoms with van der Waals surface area (Å²) in [4.78, 5) is 2.38. The van der Waals surface area contributed by atoms with Crippen LogP contribution in [-0.4, -0.2) is 23.7 Å². The number of likely N-dealkylation sites (tertiary alicyclic amines) is 1. The van der Waals surface area contributed by atoms with E-state index < -0.39 is 0 Å². The molecule has 0 amide bonds. The number of hydrogen-bond donors (Lipinski definition) is 1. The number of hydrogen-bond acceptors (Lipinski definition) is 2. The van der Waals surface area contributed by atoms with Crippen molar-refractivity contribution in [2.24, 2.45) is 5.73 Å². The first kappa shape index (κ1) is 8.02. The van der Waals surface area contributed by atoms with Crippen molar-refractivity contribution in [1.82, 2.24) is 4.90 Å². The third kappa shape index (κ3) is 1.50. The minimum Gasteiger partial charge on any atom is -0.318 e. The summed E-state index contributed by atoms with van der Waals surface area (Å²) in [5.74, 6) is 0. The highest BCUT2D eigenvalue weighted by Crippen LogP contribution is 2.20. The van der Waals surface area contributed by atoms with E-state index in [-0.39, 0.29) is 0 Å². The van der Waals surface area contributed by atoms with Gasteiger partial charge in [0.1, 0.15) is 0 Å². The van der Waals surface area contributed by atoms with Crippen LogP contribution in [0.25, 0.3) is 0 Å². The first-order chi connectivity index (χ1) is 4.75. The third-order valence-corrected chi connectivity index (χ3v) is 2.59. The van der Waals surface area contributed by atoms with Gasteiger partial charge < -0.3 is 5.73 Å². The van der Waals surface area contributed by atoms with Gasteiger partial charge in [0.2, 0.25) is 0 Å². The largest absolute Gasteiger partial charge is 0.318 e. The van der Waals surface area contributed by atoms with Crippen molar-refractivity contribution in [3.63, 3.8) is 0 Å². The molecule has 60 valence electrons. The summed E-state index contributed by atoms with van der Waals surface area (Å²) in [5.41, 5.74) is 5.61. The Bertz CT molecular complexity index is 93.4. The van der Waals surface area contributed by atoms with Gasteiger partial charge in [0.05, 0.1) is 0 Å². The molecule has 2 N–H and O–H groups in total. The van der Waals surface area contributed by atoms with Crippen LogP contribution in [0.1, 0.15) is 33.1 Å². The number of nitrogens with zero attached hydrogens (tertiary/aromatic N) is 1. The van der Waals surface area contributed by atoms with Gasteiger partial charge in [-0.3, -0.25) is 4.90 Å². The van der Waals surface area contributed by atoms with Gasteiger partial charge in [0, 0.05) is 18.8 Å². The minimum absolute atomic E-state index is 0.703. The zero-order valence-electron chi connectivity index (χ0n) is 7.01. The van der Waals surface area contributed by atoms with E-state index in [4.69, 9.17) is 5.73 Å². The lowest BCUT2D eigenvalue weighted by molar-refractivity contribution is 0.107. The Balaban J connectivity index is 2.45. The average molecular weight is 142 g/mol. The van der Waals surface area contributed by atoms with Crippen LogP contribution in [0.2, 0.25) is 0 Å². The van der Waals surface area contributed by atoms with E-state index in [1.807, 2.05) is 0 Å². The van der Waals surface area contributed by atoms with Gasteiger partial charge in [-0.25, -0.2) is 0 Å².